The van der Waals surface area contributed by atoms with Crippen molar-refractivity contribution in [2.75, 3.05) is 26.8 Å². The molecule has 1 aliphatic carbocycles. The lowest BCUT2D eigenvalue weighted by Gasteiger charge is -2.19. The minimum absolute atomic E-state index is 0.935. The molecule has 1 N–H and O–H groups in total. The van der Waals surface area contributed by atoms with Gasteiger partial charge >= 0.3 is 0 Å². The van der Waals surface area contributed by atoms with Crippen LogP contribution in [0.4, 0.5) is 0 Å². The molecule has 2 unspecified atom stereocenters. The molecule has 1 rings (SSSR count). The van der Waals surface area contributed by atoms with Crippen LogP contribution >= 0.6 is 0 Å². The monoisotopic (exact) mass is 199 g/mol. The predicted molar refractivity (Wildman–Crippen MR) is 60.5 cm³/mol. The summed E-state index contributed by atoms with van der Waals surface area (Å²) in [7, 11) is 1.80. The molecular formula is C12H25NO. The lowest BCUT2D eigenvalue weighted by molar-refractivity contribution is 0.182. The van der Waals surface area contributed by atoms with E-state index in [1.165, 1.54) is 38.6 Å². The first-order chi connectivity index (χ1) is 6.88. The van der Waals surface area contributed by atoms with E-state index in [0.717, 1.165) is 25.0 Å². The smallest absolute Gasteiger partial charge is 0.0462 e. The third-order valence-electron chi connectivity index (χ3n) is 3.40. The summed E-state index contributed by atoms with van der Waals surface area (Å²) >= 11 is 0. The van der Waals surface area contributed by atoms with Crippen LogP contribution in [0.25, 0.3) is 0 Å². The first kappa shape index (κ1) is 12.0. The molecule has 1 saturated carbocycles. The molecule has 0 heterocycles. The molecule has 0 bridgehead atoms. The Morgan fingerprint density at radius 1 is 1.29 bits per heavy atom. The van der Waals surface area contributed by atoms with Crippen LogP contribution in [0, 0.1) is 11.8 Å². The van der Waals surface area contributed by atoms with Crippen molar-refractivity contribution in [3.63, 3.8) is 0 Å². The van der Waals surface area contributed by atoms with Crippen LogP contribution in [-0.2, 0) is 4.74 Å². The number of methoxy groups -OCH3 is 1. The maximum absolute atomic E-state index is 5.10. The summed E-state index contributed by atoms with van der Waals surface area (Å²) in [4.78, 5) is 0. The molecule has 2 heteroatoms. The molecule has 0 spiro atoms. The average Bonchev–Trinajstić information content (AvgIpc) is 2.63. The third kappa shape index (κ3) is 3.97. The second kappa shape index (κ2) is 7.24. The molecule has 1 fully saturated rings. The highest BCUT2D eigenvalue weighted by Crippen LogP contribution is 2.34. The van der Waals surface area contributed by atoms with Crippen molar-refractivity contribution < 1.29 is 4.74 Å². The van der Waals surface area contributed by atoms with E-state index < -0.39 is 0 Å². The molecule has 14 heavy (non-hydrogen) atoms. The van der Waals surface area contributed by atoms with Gasteiger partial charge in [0.05, 0.1) is 0 Å². The van der Waals surface area contributed by atoms with Gasteiger partial charge in [0.2, 0.25) is 0 Å². The van der Waals surface area contributed by atoms with Gasteiger partial charge in [0.15, 0.2) is 0 Å². The standard InChI is InChI=1S/C12H25NO/c1-3-13-10-12-7-4-6-11(12)8-5-9-14-2/h11-13H,3-10H2,1-2H3. The highest BCUT2D eigenvalue weighted by molar-refractivity contribution is 4.78. The molecule has 84 valence electrons. The van der Waals surface area contributed by atoms with Crippen molar-refractivity contribution in [2.24, 2.45) is 11.8 Å². The van der Waals surface area contributed by atoms with E-state index in [1.807, 2.05) is 0 Å². The van der Waals surface area contributed by atoms with Crippen molar-refractivity contribution in [3.05, 3.63) is 0 Å². The maximum atomic E-state index is 5.10. The summed E-state index contributed by atoms with van der Waals surface area (Å²) in [6, 6.07) is 0. The first-order valence-electron chi connectivity index (χ1n) is 6.08. The Morgan fingerprint density at radius 3 is 2.79 bits per heavy atom. The van der Waals surface area contributed by atoms with Crippen LogP contribution in [0.5, 0.6) is 0 Å². The number of ether oxygens (including phenoxy) is 1. The molecule has 0 saturated heterocycles. The number of hydrogen-bond donors (Lipinski definition) is 1. The van der Waals surface area contributed by atoms with Crippen molar-refractivity contribution in [2.45, 2.75) is 39.0 Å². The van der Waals surface area contributed by atoms with Crippen LogP contribution in [0.2, 0.25) is 0 Å². The molecule has 2 atom stereocenters. The molecule has 0 aromatic rings. The molecule has 0 aliphatic heterocycles. The van der Waals surface area contributed by atoms with Crippen molar-refractivity contribution in [3.8, 4) is 0 Å². The second-order valence-corrected chi connectivity index (χ2v) is 4.39. The van der Waals surface area contributed by atoms with E-state index >= 15 is 0 Å². The second-order valence-electron chi connectivity index (χ2n) is 4.39. The van der Waals surface area contributed by atoms with Crippen molar-refractivity contribution in [1.29, 1.82) is 0 Å². The molecule has 0 amide bonds. The average molecular weight is 199 g/mol. The van der Waals surface area contributed by atoms with Crippen LogP contribution in [0.15, 0.2) is 0 Å². The Kier molecular flexibility index (Phi) is 6.20. The lowest BCUT2D eigenvalue weighted by atomic mass is 9.91. The minimum Gasteiger partial charge on any atom is -0.385 e. The third-order valence-corrected chi connectivity index (χ3v) is 3.40. The van der Waals surface area contributed by atoms with Crippen LogP contribution < -0.4 is 5.32 Å². The van der Waals surface area contributed by atoms with Crippen molar-refractivity contribution in [1.82, 2.24) is 5.32 Å². The Labute approximate surface area is 88.4 Å². The summed E-state index contributed by atoms with van der Waals surface area (Å²) in [5.41, 5.74) is 0. The SMILES string of the molecule is CCNCC1CCCC1CCCOC. The quantitative estimate of drug-likeness (QED) is 0.636. The Bertz CT molecular complexity index is 138. The fourth-order valence-corrected chi connectivity index (χ4v) is 2.58. The summed E-state index contributed by atoms with van der Waals surface area (Å²) in [6.45, 7) is 5.47. The fraction of sp³-hybridized carbons (Fsp3) is 1.00. The largest absolute Gasteiger partial charge is 0.385 e. The van der Waals surface area contributed by atoms with Gasteiger partial charge in [0.25, 0.3) is 0 Å². The molecule has 0 aromatic carbocycles. The lowest BCUT2D eigenvalue weighted by Crippen LogP contribution is -2.25. The highest BCUT2D eigenvalue weighted by atomic mass is 16.5. The van der Waals surface area contributed by atoms with Crippen LogP contribution in [-0.4, -0.2) is 26.8 Å². The number of hydrogen-bond acceptors (Lipinski definition) is 2. The normalized spacial score (nSPS) is 27.0. The van der Waals surface area contributed by atoms with Gasteiger partial charge in [0.1, 0.15) is 0 Å². The summed E-state index contributed by atoms with van der Waals surface area (Å²) in [5.74, 6) is 1.90. The van der Waals surface area contributed by atoms with Crippen molar-refractivity contribution >= 4 is 0 Å². The van der Waals surface area contributed by atoms with E-state index in [9.17, 15) is 0 Å². The zero-order valence-corrected chi connectivity index (χ0v) is 9.72. The minimum atomic E-state index is 0.935. The Morgan fingerprint density at radius 2 is 2.07 bits per heavy atom. The molecule has 0 aromatic heterocycles. The predicted octanol–water partition coefficient (Wildman–Crippen LogP) is 2.44. The first-order valence-corrected chi connectivity index (χ1v) is 6.08. The van der Waals surface area contributed by atoms with E-state index in [4.69, 9.17) is 4.74 Å². The van der Waals surface area contributed by atoms with Gasteiger partial charge in [-0.1, -0.05) is 19.8 Å². The molecule has 2 nitrogen and oxygen atoms in total. The summed E-state index contributed by atoms with van der Waals surface area (Å²) in [5, 5.41) is 3.48. The Balaban J connectivity index is 2.14. The van der Waals surface area contributed by atoms with Gasteiger partial charge in [-0.3, -0.25) is 0 Å². The highest BCUT2D eigenvalue weighted by Gasteiger charge is 2.25. The number of nitrogens with one attached hydrogen (secondary N) is 1. The van der Waals surface area contributed by atoms with E-state index in [0.29, 0.717) is 0 Å². The van der Waals surface area contributed by atoms with E-state index in [2.05, 4.69) is 12.2 Å². The Hall–Kier alpha value is -0.0800. The summed E-state index contributed by atoms with van der Waals surface area (Å²) in [6.07, 6.45) is 6.92. The maximum Gasteiger partial charge on any atom is 0.0462 e. The van der Waals surface area contributed by atoms with E-state index in [-0.39, 0.29) is 0 Å². The molecule has 1 aliphatic rings. The van der Waals surface area contributed by atoms with Crippen LogP contribution in [0.3, 0.4) is 0 Å². The van der Waals surface area contributed by atoms with Gasteiger partial charge in [0, 0.05) is 13.7 Å². The zero-order chi connectivity index (χ0) is 10.2. The number of rotatable bonds is 7. The van der Waals surface area contributed by atoms with Gasteiger partial charge < -0.3 is 10.1 Å². The summed E-state index contributed by atoms with van der Waals surface area (Å²) < 4.78 is 5.10. The van der Waals surface area contributed by atoms with Gasteiger partial charge in [-0.15, -0.1) is 0 Å². The van der Waals surface area contributed by atoms with E-state index in [1.54, 1.807) is 7.11 Å². The molecular weight excluding hydrogens is 174 g/mol. The van der Waals surface area contributed by atoms with Crippen LogP contribution in [0.1, 0.15) is 39.0 Å². The van der Waals surface area contributed by atoms with Gasteiger partial charge in [-0.2, -0.15) is 0 Å². The molecule has 0 radical (unpaired) electrons. The van der Waals surface area contributed by atoms with Gasteiger partial charge in [-0.05, 0) is 44.2 Å². The fourth-order valence-electron chi connectivity index (χ4n) is 2.58. The van der Waals surface area contributed by atoms with Gasteiger partial charge in [-0.25, -0.2) is 0 Å². The topological polar surface area (TPSA) is 21.3 Å². The zero-order valence-electron chi connectivity index (χ0n) is 9.72.